The second kappa shape index (κ2) is 11.3. The standard InChI is InChI=1S/C24H21FN3O.CH3.U/c25-22-15-18(9-10-20(22)17-26)23-16-19(24(29)27-12-5-2-6-13-27)11-14-28(23)21-7-3-1-4-8-21;;/h3-4,7-11,15-16H,2,5-6,12-14H2;1H3;/q2*-1;+2. The van der Waals surface area contributed by atoms with Crippen LogP contribution >= 0.6 is 0 Å². The van der Waals surface area contributed by atoms with Gasteiger partial charge in [0.2, 0.25) is 0 Å². The molecule has 156 valence electrons. The van der Waals surface area contributed by atoms with E-state index in [9.17, 15) is 9.18 Å². The first kappa shape index (κ1) is 24.9. The molecule has 0 aromatic heterocycles. The number of halogens is 1. The van der Waals surface area contributed by atoms with Crippen molar-refractivity contribution < 1.29 is 40.3 Å². The van der Waals surface area contributed by atoms with Gasteiger partial charge in [0.05, 0.1) is 5.56 Å². The maximum atomic E-state index is 14.3. The summed E-state index contributed by atoms with van der Waals surface area (Å²) < 4.78 is 14.3. The molecule has 6 heteroatoms. The molecule has 4 nitrogen and oxygen atoms in total. The predicted molar refractivity (Wildman–Crippen MR) is 117 cm³/mol. The van der Waals surface area contributed by atoms with E-state index in [-0.39, 0.29) is 50.0 Å². The second-order valence-electron chi connectivity index (χ2n) is 7.22. The second-order valence-corrected chi connectivity index (χ2v) is 7.22. The van der Waals surface area contributed by atoms with Gasteiger partial charge in [0.15, 0.2) is 0 Å². The molecule has 0 spiro atoms. The van der Waals surface area contributed by atoms with E-state index < -0.39 is 5.82 Å². The van der Waals surface area contributed by atoms with Gasteiger partial charge in [-0.1, -0.05) is 17.8 Å². The molecule has 31 heavy (non-hydrogen) atoms. The number of likely N-dealkylation sites (tertiary alicyclic amines) is 1. The zero-order valence-electron chi connectivity index (χ0n) is 17.6. The van der Waals surface area contributed by atoms with Crippen molar-refractivity contribution in [1.82, 2.24) is 4.90 Å². The molecule has 0 radical (unpaired) electrons. The number of nitriles is 1. The average Bonchev–Trinajstić information content (AvgIpc) is 2.79. The third-order valence-electron chi connectivity index (χ3n) is 5.36. The fourth-order valence-electron chi connectivity index (χ4n) is 3.81. The van der Waals surface area contributed by atoms with Gasteiger partial charge in [0.25, 0.3) is 5.91 Å². The first-order chi connectivity index (χ1) is 14.2. The Hall–Kier alpha value is -2.34. The first-order valence-corrected chi connectivity index (χ1v) is 9.82. The van der Waals surface area contributed by atoms with Gasteiger partial charge in [-0.15, -0.1) is 12.1 Å². The summed E-state index contributed by atoms with van der Waals surface area (Å²) >= 11 is 0. The van der Waals surface area contributed by atoms with E-state index in [0.29, 0.717) is 17.7 Å². The molecule has 0 aliphatic carbocycles. The zero-order valence-corrected chi connectivity index (χ0v) is 21.7. The maximum absolute atomic E-state index is 14.3. The molecule has 2 aromatic rings. The maximum Gasteiger partial charge on any atom is 2.00 e. The molecule has 2 aliphatic rings. The summed E-state index contributed by atoms with van der Waals surface area (Å²) in [4.78, 5) is 16.9. The SMILES string of the molecule is N#Cc1ccc(C2=CC(C(=O)N3CCCCC3)=CCN2c2cc[c-]cc2)cc1F.[CH3-].[U+2]. The largest absolute Gasteiger partial charge is 2.00 e. The van der Waals surface area contributed by atoms with Crippen LogP contribution in [-0.4, -0.2) is 30.4 Å². The summed E-state index contributed by atoms with van der Waals surface area (Å²) in [7, 11) is 0. The van der Waals surface area contributed by atoms with E-state index in [4.69, 9.17) is 5.26 Å². The Labute approximate surface area is 207 Å². The van der Waals surface area contributed by atoms with Gasteiger partial charge in [-0.05, 0) is 37.5 Å². The van der Waals surface area contributed by atoms with Crippen LogP contribution in [0.15, 0.2) is 60.2 Å². The van der Waals surface area contributed by atoms with E-state index in [0.717, 1.165) is 43.7 Å². The average molecular weight is 640 g/mol. The van der Waals surface area contributed by atoms with Crippen molar-refractivity contribution in [3.63, 3.8) is 0 Å². The van der Waals surface area contributed by atoms with Gasteiger partial charge in [-0.2, -0.15) is 23.5 Å². The smallest absolute Gasteiger partial charge is 0.360 e. The van der Waals surface area contributed by atoms with E-state index in [1.807, 2.05) is 52.3 Å². The zero-order chi connectivity index (χ0) is 20.2. The molecule has 1 fully saturated rings. The minimum atomic E-state index is -0.564. The van der Waals surface area contributed by atoms with Gasteiger partial charge in [-0.25, -0.2) is 4.39 Å². The summed E-state index contributed by atoms with van der Waals surface area (Å²) in [6.07, 6.45) is 6.98. The Morgan fingerprint density at radius 1 is 1.10 bits per heavy atom. The number of hydrogen-bond acceptors (Lipinski definition) is 3. The number of carbonyl (C=O) groups excluding carboxylic acids is 1. The first-order valence-electron chi connectivity index (χ1n) is 9.82. The number of hydrogen-bond donors (Lipinski definition) is 0. The van der Waals surface area contributed by atoms with E-state index in [1.54, 1.807) is 6.07 Å². The van der Waals surface area contributed by atoms with Crippen LogP contribution in [0.2, 0.25) is 0 Å². The Kier molecular flexibility index (Phi) is 9.11. The normalized spacial score (nSPS) is 15.6. The predicted octanol–water partition coefficient (Wildman–Crippen LogP) is 4.75. The summed E-state index contributed by atoms with van der Waals surface area (Å²) in [5.41, 5.74) is 2.94. The number of nitrogens with zero attached hydrogens (tertiary/aromatic N) is 3. The van der Waals surface area contributed by atoms with Crippen molar-refractivity contribution in [2.24, 2.45) is 0 Å². The molecule has 1 amide bonds. The van der Waals surface area contributed by atoms with Gasteiger partial charge in [0, 0.05) is 36.5 Å². The van der Waals surface area contributed by atoms with Crippen LogP contribution in [0.25, 0.3) is 5.70 Å². The van der Waals surface area contributed by atoms with E-state index in [2.05, 4.69) is 6.07 Å². The number of rotatable bonds is 3. The quantitative estimate of drug-likeness (QED) is 0.456. The van der Waals surface area contributed by atoms with Crippen LogP contribution in [0.5, 0.6) is 0 Å². The Balaban J connectivity index is 0.00000171. The van der Waals surface area contributed by atoms with Gasteiger partial charge < -0.3 is 17.2 Å². The number of piperidine rings is 1. The van der Waals surface area contributed by atoms with Crippen LogP contribution in [0, 0.1) is 61.8 Å². The molecular weight excluding hydrogens is 615 g/mol. The summed E-state index contributed by atoms with van der Waals surface area (Å²) in [5.74, 6) is -0.539. The molecule has 2 aromatic carbocycles. The third kappa shape index (κ3) is 5.48. The van der Waals surface area contributed by atoms with Crippen LogP contribution in [-0.2, 0) is 4.79 Å². The molecule has 2 heterocycles. The molecule has 4 rings (SSSR count). The molecule has 2 aliphatic heterocycles. The minimum Gasteiger partial charge on any atom is -0.360 e. The van der Waals surface area contributed by atoms with Crippen molar-refractivity contribution in [3.8, 4) is 6.07 Å². The Morgan fingerprint density at radius 2 is 1.81 bits per heavy atom. The van der Waals surface area contributed by atoms with Crippen molar-refractivity contribution in [2.45, 2.75) is 19.3 Å². The minimum absolute atomic E-state index is 0. The topological polar surface area (TPSA) is 47.3 Å². The van der Waals surface area contributed by atoms with E-state index >= 15 is 0 Å². The fraction of sp³-hybridized carbons (Fsp3) is 0.240. The van der Waals surface area contributed by atoms with Crippen LogP contribution in [0.1, 0.15) is 30.4 Å². The van der Waals surface area contributed by atoms with Gasteiger partial charge in [0.1, 0.15) is 11.9 Å². The number of amides is 1. The molecule has 0 bridgehead atoms. The van der Waals surface area contributed by atoms with Crippen molar-refractivity contribution >= 4 is 17.3 Å². The van der Waals surface area contributed by atoms with Crippen LogP contribution < -0.4 is 4.90 Å². The Morgan fingerprint density at radius 3 is 2.45 bits per heavy atom. The molecule has 1 saturated heterocycles. The third-order valence-corrected chi connectivity index (χ3v) is 5.36. The molecule has 0 atom stereocenters. The van der Waals surface area contributed by atoms with E-state index in [1.165, 1.54) is 12.1 Å². The van der Waals surface area contributed by atoms with Gasteiger partial charge >= 0.3 is 31.1 Å². The van der Waals surface area contributed by atoms with Crippen molar-refractivity contribution in [3.05, 3.63) is 90.6 Å². The fourth-order valence-corrected chi connectivity index (χ4v) is 3.81. The van der Waals surface area contributed by atoms with Gasteiger partial charge in [-0.3, -0.25) is 4.79 Å². The number of benzene rings is 2. The molecule has 0 saturated carbocycles. The summed E-state index contributed by atoms with van der Waals surface area (Å²) in [6.45, 7) is 2.07. The summed E-state index contributed by atoms with van der Waals surface area (Å²) in [6, 6.07) is 16.9. The number of anilines is 1. The van der Waals surface area contributed by atoms with Crippen LogP contribution in [0.3, 0.4) is 0 Å². The van der Waals surface area contributed by atoms with Crippen molar-refractivity contribution in [1.29, 1.82) is 5.26 Å². The van der Waals surface area contributed by atoms with Crippen LogP contribution in [0.4, 0.5) is 10.1 Å². The van der Waals surface area contributed by atoms with Crippen molar-refractivity contribution in [2.75, 3.05) is 24.5 Å². The molecule has 0 N–H and O–H groups in total. The monoisotopic (exact) mass is 639 g/mol. The Bertz CT molecular complexity index is 1020. The molecular formula is C25H24FN3OU. The number of carbonyl (C=O) groups is 1. The molecule has 0 unspecified atom stereocenters. The summed E-state index contributed by atoms with van der Waals surface area (Å²) in [5, 5.41) is 9.03.